The van der Waals surface area contributed by atoms with Crippen molar-refractivity contribution in [3.8, 4) is 5.75 Å². The Bertz CT molecular complexity index is 844. The minimum absolute atomic E-state index is 0.0308. The van der Waals surface area contributed by atoms with Crippen molar-refractivity contribution in [2.24, 2.45) is 5.10 Å². The van der Waals surface area contributed by atoms with Crippen molar-refractivity contribution >= 4 is 23.7 Å². The van der Waals surface area contributed by atoms with E-state index in [1.165, 1.54) is 6.21 Å². The molecule has 2 aromatic rings. The Morgan fingerprint density at radius 1 is 1.07 bits per heavy atom. The molecule has 2 rings (SSSR count). The lowest BCUT2D eigenvalue weighted by Crippen LogP contribution is -2.24. The van der Waals surface area contributed by atoms with Gasteiger partial charge in [-0.1, -0.05) is 18.2 Å². The van der Waals surface area contributed by atoms with Crippen LogP contribution in [0.1, 0.15) is 37.0 Å². The van der Waals surface area contributed by atoms with Gasteiger partial charge in [-0.2, -0.15) is 5.10 Å². The number of ether oxygens (including phenoxy) is 1. The molecule has 0 bridgehead atoms. The van der Waals surface area contributed by atoms with Crippen LogP contribution in [0.15, 0.2) is 47.6 Å². The standard InChI is InChI=1S/C21H25N3O3/c1-14(2)27-19-8-6-5-7-17(19)13-22-24-21(26)12-20(25)23-18-10-9-15(3)16(4)11-18/h5-11,13-14H,12H2,1-4H3,(H,23,25)(H,24,26). The van der Waals surface area contributed by atoms with Gasteiger partial charge in [-0.3, -0.25) is 9.59 Å². The van der Waals surface area contributed by atoms with Gasteiger partial charge in [-0.05, 0) is 63.1 Å². The van der Waals surface area contributed by atoms with Gasteiger partial charge in [0.1, 0.15) is 12.2 Å². The normalized spacial score (nSPS) is 10.9. The van der Waals surface area contributed by atoms with Crippen molar-refractivity contribution in [2.45, 2.75) is 40.2 Å². The summed E-state index contributed by atoms with van der Waals surface area (Å²) in [6.45, 7) is 7.83. The highest BCUT2D eigenvalue weighted by molar-refractivity contribution is 6.03. The van der Waals surface area contributed by atoms with E-state index in [9.17, 15) is 9.59 Å². The number of aryl methyl sites for hydroxylation is 2. The van der Waals surface area contributed by atoms with Gasteiger partial charge in [0.05, 0.1) is 12.3 Å². The van der Waals surface area contributed by atoms with Crippen LogP contribution in [0.2, 0.25) is 0 Å². The summed E-state index contributed by atoms with van der Waals surface area (Å²) >= 11 is 0. The molecule has 0 saturated carbocycles. The lowest BCUT2D eigenvalue weighted by atomic mass is 10.1. The monoisotopic (exact) mass is 367 g/mol. The number of carbonyl (C=O) groups is 2. The molecule has 6 heteroatoms. The molecule has 2 amide bonds. The van der Waals surface area contributed by atoms with E-state index in [1.54, 1.807) is 0 Å². The van der Waals surface area contributed by atoms with Crippen LogP contribution >= 0.6 is 0 Å². The Balaban J connectivity index is 1.87. The fraction of sp³-hybridized carbons (Fsp3) is 0.286. The maximum Gasteiger partial charge on any atom is 0.249 e. The van der Waals surface area contributed by atoms with Gasteiger partial charge in [0.2, 0.25) is 11.8 Å². The summed E-state index contributed by atoms with van der Waals surface area (Å²) in [6, 6.07) is 13.0. The Hall–Kier alpha value is -3.15. The molecule has 0 aliphatic rings. The Labute approximate surface area is 159 Å². The summed E-state index contributed by atoms with van der Waals surface area (Å²) in [6.07, 6.45) is 1.22. The molecule has 0 fully saturated rings. The van der Waals surface area contributed by atoms with Gasteiger partial charge in [-0.25, -0.2) is 5.43 Å². The molecular weight excluding hydrogens is 342 g/mol. The zero-order valence-corrected chi connectivity index (χ0v) is 16.1. The number of rotatable bonds is 7. The number of nitrogens with zero attached hydrogens (tertiary/aromatic N) is 1. The van der Waals surface area contributed by atoms with Gasteiger partial charge < -0.3 is 10.1 Å². The third-order valence-corrected chi connectivity index (χ3v) is 3.79. The lowest BCUT2D eigenvalue weighted by molar-refractivity contribution is -0.126. The summed E-state index contributed by atoms with van der Waals surface area (Å²) < 4.78 is 5.68. The van der Waals surface area contributed by atoms with E-state index in [1.807, 2.05) is 70.2 Å². The first-order chi connectivity index (χ1) is 12.8. The summed E-state index contributed by atoms with van der Waals surface area (Å²) in [4.78, 5) is 23.9. The van der Waals surface area contributed by atoms with Crippen molar-refractivity contribution in [1.82, 2.24) is 5.43 Å². The number of hydrogen-bond acceptors (Lipinski definition) is 4. The van der Waals surface area contributed by atoms with Crippen LogP contribution in [0.5, 0.6) is 5.75 Å². The molecule has 2 aromatic carbocycles. The topological polar surface area (TPSA) is 79.8 Å². The number of amides is 2. The Morgan fingerprint density at radius 3 is 2.52 bits per heavy atom. The molecule has 0 unspecified atom stereocenters. The van der Waals surface area contributed by atoms with Crippen molar-refractivity contribution in [2.75, 3.05) is 5.32 Å². The molecule has 0 atom stereocenters. The third kappa shape index (κ3) is 6.58. The summed E-state index contributed by atoms with van der Waals surface area (Å²) in [5, 5.41) is 6.62. The zero-order chi connectivity index (χ0) is 19.8. The molecule has 0 saturated heterocycles. The van der Waals surface area contributed by atoms with Crippen LogP contribution in [-0.2, 0) is 9.59 Å². The predicted molar refractivity (Wildman–Crippen MR) is 107 cm³/mol. The highest BCUT2D eigenvalue weighted by atomic mass is 16.5. The minimum atomic E-state index is -0.491. The van der Waals surface area contributed by atoms with Crippen LogP contribution in [0.25, 0.3) is 0 Å². The van der Waals surface area contributed by atoms with E-state index < -0.39 is 11.8 Å². The SMILES string of the molecule is Cc1ccc(NC(=O)CC(=O)NN=Cc2ccccc2OC(C)C)cc1C. The number of anilines is 1. The fourth-order valence-corrected chi connectivity index (χ4v) is 2.33. The van der Waals surface area contributed by atoms with Crippen molar-refractivity contribution in [3.63, 3.8) is 0 Å². The third-order valence-electron chi connectivity index (χ3n) is 3.79. The van der Waals surface area contributed by atoms with E-state index in [0.717, 1.165) is 16.7 Å². The first-order valence-corrected chi connectivity index (χ1v) is 8.80. The molecule has 142 valence electrons. The van der Waals surface area contributed by atoms with Crippen molar-refractivity contribution in [1.29, 1.82) is 0 Å². The second-order valence-corrected chi connectivity index (χ2v) is 6.52. The zero-order valence-electron chi connectivity index (χ0n) is 16.1. The Morgan fingerprint density at radius 2 is 1.81 bits per heavy atom. The predicted octanol–water partition coefficient (Wildman–Crippen LogP) is 3.57. The highest BCUT2D eigenvalue weighted by Gasteiger charge is 2.09. The first-order valence-electron chi connectivity index (χ1n) is 8.80. The average molecular weight is 367 g/mol. The van der Waals surface area contributed by atoms with E-state index in [2.05, 4.69) is 15.8 Å². The van der Waals surface area contributed by atoms with Crippen molar-refractivity contribution in [3.05, 3.63) is 59.2 Å². The second-order valence-electron chi connectivity index (χ2n) is 6.52. The molecule has 27 heavy (non-hydrogen) atoms. The molecule has 0 aliphatic heterocycles. The van der Waals surface area contributed by atoms with Gasteiger partial charge in [0, 0.05) is 11.3 Å². The van der Waals surface area contributed by atoms with Gasteiger partial charge in [-0.15, -0.1) is 0 Å². The van der Waals surface area contributed by atoms with E-state index in [-0.39, 0.29) is 12.5 Å². The molecule has 0 aliphatic carbocycles. The summed E-state index contributed by atoms with van der Waals surface area (Å²) in [7, 11) is 0. The number of para-hydroxylation sites is 1. The van der Waals surface area contributed by atoms with E-state index in [0.29, 0.717) is 11.4 Å². The number of hydrogen-bond donors (Lipinski definition) is 2. The van der Waals surface area contributed by atoms with E-state index >= 15 is 0 Å². The molecule has 6 nitrogen and oxygen atoms in total. The fourth-order valence-electron chi connectivity index (χ4n) is 2.33. The number of benzene rings is 2. The molecular formula is C21H25N3O3. The summed E-state index contributed by atoms with van der Waals surface area (Å²) in [5.74, 6) is -0.206. The first kappa shape index (κ1) is 20.2. The molecule has 0 aromatic heterocycles. The maximum absolute atomic E-state index is 12.0. The van der Waals surface area contributed by atoms with E-state index in [4.69, 9.17) is 4.74 Å². The van der Waals surface area contributed by atoms with Crippen LogP contribution in [0.3, 0.4) is 0 Å². The van der Waals surface area contributed by atoms with Gasteiger partial charge in [0.25, 0.3) is 0 Å². The van der Waals surface area contributed by atoms with Gasteiger partial charge in [0.15, 0.2) is 0 Å². The summed E-state index contributed by atoms with van der Waals surface area (Å²) in [5.41, 5.74) is 5.98. The quantitative estimate of drug-likeness (QED) is 0.446. The van der Waals surface area contributed by atoms with Crippen LogP contribution in [0.4, 0.5) is 5.69 Å². The molecule has 0 spiro atoms. The van der Waals surface area contributed by atoms with Gasteiger partial charge >= 0.3 is 0 Å². The van der Waals surface area contributed by atoms with Crippen LogP contribution < -0.4 is 15.5 Å². The minimum Gasteiger partial charge on any atom is -0.490 e. The number of nitrogens with one attached hydrogen (secondary N) is 2. The highest BCUT2D eigenvalue weighted by Crippen LogP contribution is 2.17. The largest absolute Gasteiger partial charge is 0.490 e. The second kappa shape index (κ2) is 9.52. The smallest absolute Gasteiger partial charge is 0.249 e. The average Bonchev–Trinajstić information content (AvgIpc) is 2.59. The number of hydrazone groups is 1. The maximum atomic E-state index is 12.0. The molecule has 0 radical (unpaired) electrons. The van der Waals surface area contributed by atoms with Crippen LogP contribution in [0, 0.1) is 13.8 Å². The lowest BCUT2D eigenvalue weighted by Gasteiger charge is -2.11. The number of carbonyl (C=O) groups excluding carboxylic acids is 2. The van der Waals surface area contributed by atoms with Crippen molar-refractivity contribution < 1.29 is 14.3 Å². The molecule has 2 N–H and O–H groups in total. The Kier molecular flexibility index (Phi) is 7.11. The molecule has 0 heterocycles. The van der Waals surface area contributed by atoms with Crippen LogP contribution in [-0.4, -0.2) is 24.1 Å².